The molecule has 0 spiro atoms. The van der Waals surface area contributed by atoms with Crippen molar-refractivity contribution in [1.82, 2.24) is 0 Å². The predicted molar refractivity (Wildman–Crippen MR) is 35.1 cm³/mol. The monoisotopic (exact) mass is 133 g/mol. The van der Waals surface area contributed by atoms with Gasteiger partial charge in [-0.05, 0) is 19.6 Å². The lowest BCUT2D eigenvalue weighted by molar-refractivity contribution is -0.216. The summed E-state index contributed by atoms with van der Waals surface area (Å²) in [5.74, 6) is 0. The smallest absolute Gasteiger partial charge is 0.233 e. The summed E-state index contributed by atoms with van der Waals surface area (Å²) in [6.45, 7) is 9.08. The molecular formula is C4H11NO2Si. The summed E-state index contributed by atoms with van der Waals surface area (Å²) in [7, 11) is -1.53. The predicted octanol–water partition coefficient (Wildman–Crippen LogP) is 1.39. The Morgan fingerprint density at radius 2 is 1.88 bits per heavy atom. The molecule has 0 bridgehead atoms. The largest absolute Gasteiger partial charge is 0.249 e. The maximum Gasteiger partial charge on any atom is 0.249 e. The first-order valence-electron chi connectivity index (χ1n) is 2.37. The van der Waals surface area contributed by atoms with Crippen LogP contribution in [0.3, 0.4) is 0 Å². The van der Waals surface area contributed by atoms with Gasteiger partial charge in [-0.3, -0.25) is 0 Å². The van der Waals surface area contributed by atoms with Crippen LogP contribution in [0.1, 0.15) is 0 Å². The number of hydrogen-bond acceptors (Lipinski definition) is 3. The first-order valence-corrected chi connectivity index (χ1v) is 5.78. The SMILES string of the molecule is C=NOO[Si](C)(C)C. The van der Waals surface area contributed by atoms with Gasteiger partial charge in [-0.1, -0.05) is 5.16 Å². The van der Waals surface area contributed by atoms with E-state index in [4.69, 9.17) is 4.58 Å². The van der Waals surface area contributed by atoms with E-state index in [1.54, 1.807) is 0 Å². The van der Waals surface area contributed by atoms with Crippen molar-refractivity contribution in [2.24, 2.45) is 5.16 Å². The molecule has 0 aliphatic carbocycles. The molecule has 0 amide bonds. The molecule has 0 saturated heterocycles. The van der Waals surface area contributed by atoms with E-state index in [1.165, 1.54) is 0 Å². The number of oxime groups is 1. The standard InChI is InChI=1S/C4H11NO2Si/c1-5-6-7-8(2,3)4/h1H2,2-4H3. The van der Waals surface area contributed by atoms with Crippen molar-refractivity contribution in [3.05, 3.63) is 0 Å². The van der Waals surface area contributed by atoms with Gasteiger partial charge in [-0.15, -0.1) is 0 Å². The van der Waals surface area contributed by atoms with Crippen LogP contribution in [0.15, 0.2) is 5.16 Å². The van der Waals surface area contributed by atoms with Crippen molar-refractivity contribution in [3.8, 4) is 0 Å². The molecule has 8 heavy (non-hydrogen) atoms. The topological polar surface area (TPSA) is 30.8 Å². The molecule has 0 fully saturated rings. The molecule has 0 radical (unpaired) electrons. The first kappa shape index (κ1) is 7.65. The van der Waals surface area contributed by atoms with Gasteiger partial charge < -0.3 is 0 Å². The molecule has 0 atom stereocenters. The lowest BCUT2D eigenvalue weighted by Gasteiger charge is -2.10. The maximum atomic E-state index is 4.79. The van der Waals surface area contributed by atoms with Gasteiger partial charge in [0.05, 0.1) is 0 Å². The molecule has 0 aliphatic heterocycles. The van der Waals surface area contributed by atoms with Crippen LogP contribution in [0.5, 0.6) is 0 Å². The highest BCUT2D eigenvalue weighted by Crippen LogP contribution is 2.01. The summed E-state index contributed by atoms with van der Waals surface area (Å²) in [6.07, 6.45) is 0. The fourth-order valence-corrected chi connectivity index (χ4v) is 0.414. The number of nitrogens with zero attached hydrogens (tertiary/aromatic N) is 1. The van der Waals surface area contributed by atoms with Crippen LogP contribution in [0.25, 0.3) is 0 Å². The van der Waals surface area contributed by atoms with Crippen molar-refractivity contribution in [2.45, 2.75) is 19.6 Å². The van der Waals surface area contributed by atoms with Crippen LogP contribution >= 0.6 is 0 Å². The molecule has 0 unspecified atom stereocenters. The molecular weight excluding hydrogens is 122 g/mol. The fourth-order valence-electron chi connectivity index (χ4n) is 0.138. The summed E-state index contributed by atoms with van der Waals surface area (Å²) in [5.41, 5.74) is 0. The van der Waals surface area contributed by atoms with Crippen molar-refractivity contribution >= 4 is 15.0 Å². The Labute approximate surface area is 50.3 Å². The zero-order chi connectivity index (χ0) is 6.62. The van der Waals surface area contributed by atoms with Crippen molar-refractivity contribution in [3.63, 3.8) is 0 Å². The van der Waals surface area contributed by atoms with E-state index >= 15 is 0 Å². The lowest BCUT2D eigenvalue weighted by Crippen LogP contribution is -2.24. The third-order valence-corrected chi connectivity index (χ3v) is 0.915. The molecule has 0 saturated carbocycles. The van der Waals surface area contributed by atoms with Crippen molar-refractivity contribution in [1.29, 1.82) is 0 Å². The van der Waals surface area contributed by atoms with Crippen LogP contribution in [0.2, 0.25) is 19.6 Å². The molecule has 0 aromatic rings. The Morgan fingerprint density at radius 1 is 1.38 bits per heavy atom. The lowest BCUT2D eigenvalue weighted by atomic mass is 11.8. The average Bonchev–Trinajstić information content (AvgIpc) is 1.59. The zero-order valence-corrected chi connectivity index (χ0v) is 6.47. The van der Waals surface area contributed by atoms with E-state index in [-0.39, 0.29) is 0 Å². The van der Waals surface area contributed by atoms with E-state index in [0.717, 1.165) is 0 Å². The maximum absolute atomic E-state index is 4.79. The molecule has 3 nitrogen and oxygen atoms in total. The molecule has 0 aliphatic rings. The second-order valence-electron chi connectivity index (χ2n) is 2.40. The Bertz CT molecular complexity index is 78.6. The van der Waals surface area contributed by atoms with Crippen molar-refractivity contribution < 1.29 is 9.57 Å². The Balaban J connectivity index is 3.24. The molecule has 4 heteroatoms. The quantitative estimate of drug-likeness (QED) is 0.252. The van der Waals surface area contributed by atoms with Gasteiger partial charge in [0, 0.05) is 6.72 Å². The third kappa shape index (κ3) is 5.65. The normalized spacial score (nSPS) is 10.9. The van der Waals surface area contributed by atoms with Crippen LogP contribution in [-0.2, 0) is 9.57 Å². The third-order valence-electron chi connectivity index (χ3n) is 0.340. The van der Waals surface area contributed by atoms with Crippen LogP contribution in [0, 0.1) is 0 Å². The van der Waals surface area contributed by atoms with Crippen molar-refractivity contribution in [2.75, 3.05) is 0 Å². The summed E-state index contributed by atoms with van der Waals surface area (Å²) in [5, 5.41) is 3.08. The second-order valence-corrected chi connectivity index (χ2v) is 6.79. The highest BCUT2D eigenvalue weighted by Gasteiger charge is 2.16. The van der Waals surface area contributed by atoms with Gasteiger partial charge in [0.15, 0.2) is 0 Å². The van der Waals surface area contributed by atoms with Gasteiger partial charge in [0.2, 0.25) is 8.32 Å². The van der Waals surface area contributed by atoms with Gasteiger partial charge in [-0.25, -0.2) is 9.57 Å². The number of rotatable bonds is 3. The number of hydrogen-bond donors (Lipinski definition) is 0. The summed E-state index contributed by atoms with van der Waals surface area (Å²) >= 11 is 0. The van der Waals surface area contributed by atoms with E-state index < -0.39 is 8.32 Å². The summed E-state index contributed by atoms with van der Waals surface area (Å²) < 4.78 is 4.79. The fraction of sp³-hybridized carbons (Fsp3) is 0.750. The molecule has 0 rings (SSSR count). The van der Waals surface area contributed by atoms with Crippen LogP contribution in [0.4, 0.5) is 0 Å². The molecule has 48 valence electrons. The average molecular weight is 133 g/mol. The minimum Gasteiger partial charge on any atom is -0.233 e. The minimum absolute atomic E-state index is 1.53. The van der Waals surface area contributed by atoms with Crippen LogP contribution in [-0.4, -0.2) is 15.0 Å². The Hall–Kier alpha value is -0.353. The molecule has 0 aromatic heterocycles. The van der Waals surface area contributed by atoms with E-state index in [0.29, 0.717) is 0 Å². The molecule has 0 aromatic carbocycles. The van der Waals surface area contributed by atoms with Gasteiger partial charge >= 0.3 is 0 Å². The van der Waals surface area contributed by atoms with E-state index in [2.05, 4.69) is 16.9 Å². The molecule has 0 N–H and O–H groups in total. The highest BCUT2D eigenvalue weighted by atomic mass is 28.4. The minimum atomic E-state index is -1.53. The first-order chi connectivity index (χ1) is 3.56. The van der Waals surface area contributed by atoms with Crippen LogP contribution < -0.4 is 0 Å². The van der Waals surface area contributed by atoms with Gasteiger partial charge in [-0.2, -0.15) is 0 Å². The summed E-state index contributed by atoms with van der Waals surface area (Å²) in [4.78, 5) is 4.27. The Morgan fingerprint density at radius 3 is 2.00 bits per heavy atom. The van der Waals surface area contributed by atoms with E-state index in [1.807, 2.05) is 19.6 Å². The second kappa shape index (κ2) is 2.83. The highest BCUT2D eigenvalue weighted by molar-refractivity contribution is 6.69. The van der Waals surface area contributed by atoms with E-state index in [9.17, 15) is 0 Å². The van der Waals surface area contributed by atoms with Gasteiger partial charge in [0.25, 0.3) is 0 Å². The molecule has 0 heterocycles. The Kier molecular flexibility index (Phi) is 2.71. The van der Waals surface area contributed by atoms with Gasteiger partial charge in [0.1, 0.15) is 0 Å². The summed E-state index contributed by atoms with van der Waals surface area (Å²) in [6, 6.07) is 0. The zero-order valence-electron chi connectivity index (χ0n) is 5.47.